The number of nitrogens with zero attached hydrogens (tertiary/aromatic N) is 4. The van der Waals surface area contributed by atoms with Crippen LogP contribution in [0.4, 0.5) is 5.69 Å². The molecular weight excluding hydrogens is 536 g/mol. The summed E-state index contributed by atoms with van der Waals surface area (Å²) in [5.41, 5.74) is -1.53. The number of likely N-dealkylation sites (tertiary alicyclic amines) is 1. The van der Waals surface area contributed by atoms with Gasteiger partial charge in [-0.2, -0.15) is 0 Å². The van der Waals surface area contributed by atoms with Gasteiger partial charge in [-0.25, -0.2) is 0 Å². The minimum absolute atomic E-state index is 0.0839. The van der Waals surface area contributed by atoms with E-state index in [0.717, 1.165) is 31.7 Å². The molecular formula is C32H42N4O6. The van der Waals surface area contributed by atoms with Crippen molar-refractivity contribution in [1.29, 1.82) is 0 Å². The van der Waals surface area contributed by atoms with Gasteiger partial charge in [0.2, 0.25) is 17.7 Å². The molecule has 1 aromatic rings. The van der Waals surface area contributed by atoms with Gasteiger partial charge in [-0.15, -0.1) is 0 Å². The number of para-hydroxylation sites is 1. The van der Waals surface area contributed by atoms with Crippen LogP contribution in [0.15, 0.2) is 54.6 Å². The van der Waals surface area contributed by atoms with Crippen molar-refractivity contribution in [3.8, 4) is 0 Å². The topological polar surface area (TPSA) is 103 Å². The highest BCUT2D eigenvalue weighted by Crippen LogP contribution is 2.57. The zero-order chi connectivity index (χ0) is 29.3. The summed E-state index contributed by atoms with van der Waals surface area (Å²) in [6.07, 6.45) is 9.74. The molecule has 5 atom stereocenters. The van der Waals surface area contributed by atoms with E-state index in [-0.39, 0.29) is 24.3 Å². The first-order valence-electron chi connectivity index (χ1n) is 15.3. The van der Waals surface area contributed by atoms with Gasteiger partial charge in [0.25, 0.3) is 0 Å². The molecule has 3 fully saturated rings. The number of aliphatic hydroxyl groups excluding tert-OH is 1. The number of unbranched alkanes of at least 4 members (excludes halogenated alkanes) is 2. The summed E-state index contributed by atoms with van der Waals surface area (Å²) in [7, 11) is 0. The molecule has 0 radical (unpaired) electrons. The van der Waals surface area contributed by atoms with Crippen LogP contribution in [0, 0.1) is 11.8 Å². The van der Waals surface area contributed by atoms with Gasteiger partial charge in [0, 0.05) is 58.1 Å². The first-order chi connectivity index (χ1) is 20.4. The number of hydrogen-bond acceptors (Lipinski definition) is 7. The van der Waals surface area contributed by atoms with Gasteiger partial charge in [-0.1, -0.05) is 42.5 Å². The highest BCUT2D eigenvalue weighted by molar-refractivity contribution is 6.04. The molecule has 0 saturated carbocycles. The fraction of sp³-hybridized carbons (Fsp3) is 0.594. The quantitative estimate of drug-likeness (QED) is 0.350. The summed E-state index contributed by atoms with van der Waals surface area (Å²) >= 11 is 0. The van der Waals surface area contributed by atoms with Crippen molar-refractivity contribution < 1.29 is 29.0 Å². The van der Waals surface area contributed by atoms with E-state index >= 15 is 0 Å². The van der Waals surface area contributed by atoms with Crippen molar-refractivity contribution in [1.82, 2.24) is 14.7 Å². The largest absolute Gasteiger partial charge is 0.396 e. The van der Waals surface area contributed by atoms with Crippen LogP contribution < -0.4 is 4.90 Å². The maximum absolute atomic E-state index is 14.5. The Hall–Kier alpha value is -3.05. The van der Waals surface area contributed by atoms with Crippen LogP contribution in [0.5, 0.6) is 0 Å². The second-order valence-corrected chi connectivity index (χ2v) is 12.1. The van der Waals surface area contributed by atoms with Crippen LogP contribution in [0.1, 0.15) is 26.2 Å². The second-order valence-electron chi connectivity index (χ2n) is 12.1. The number of morpholine rings is 1. The molecule has 1 spiro atoms. The molecule has 10 nitrogen and oxygen atoms in total. The first kappa shape index (κ1) is 29.0. The van der Waals surface area contributed by atoms with Crippen LogP contribution in [0.25, 0.3) is 0 Å². The van der Waals surface area contributed by atoms with Crippen LogP contribution in [0.3, 0.4) is 0 Å². The molecule has 3 amide bonds. The van der Waals surface area contributed by atoms with Gasteiger partial charge < -0.3 is 29.3 Å². The summed E-state index contributed by atoms with van der Waals surface area (Å²) < 4.78 is 12.4. The monoisotopic (exact) mass is 578 g/mol. The Morgan fingerprint density at radius 3 is 2.38 bits per heavy atom. The molecule has 0 aromatic heterocycles. The van der Waals surface area contributed by atoms with Crippen LogP contribution in [-0.4, -0.2) is 120 Å². The molecule has 5 aliphatic heterocycles. The van der Waals surface area contributed by atoms with E-state index in [1.165, 1.54) is 0 Å². The molecule has 0 aliphatic carbocycles. The number of amides is 3. The highest BCUT2D eigenvalue weighted by Gasteiger charge is 2.74. The number of carbonyl (C=O) groups is 3. The molecule has 6 rings (SSSR count). The Labute approximate surface area is 247 Å². The molecule has 10 heteroatoms. The van der Waals surface area contributed by atoms with Crippen LogP contribution >= 0.6 is 0 Å². The van der Waals surface area contributed by atoms with Crippen LogP contribution in [0.2, 0.25) is 0 Å². The molecule has 1 unspecified atom stereocenters. The molecule has 1 N–H and O–H groups in total. The van der Waals surface area contributed by atoms with Gasteiger partial charge >= 0.3 is 0 Å². The Balaban J connectivity index is 1.35. The van der Waals surface area contributed by atoms with E-state index < -0.39 is 29.1 Å². The molecule has 3 saturated heterocycles. The average Bonchev–Trinajstić information content (AvgIpc) is 3.26. The van der Waals surface area contributed by atoms with Gasteiger partial charge in [0.05, 0.1) is 30.7 Å². The number of benzene rings is 1. The summed E-state index contributed by atoms with van der Waals surface area (Å²) in [5, 5.41) is 9.31. The van der Waals surface area contributed by atoms with E-state index in [4.69, 9.17) is 9.47 Å². The maximum atomic E-state index is 14.5. The van der Waals surface area contributed by atoms with Crippen LogP contribution in [-0.2, 0) is 23.9 Å². The third-order valence-electron chi connectivity index (χ3n) is 9.56. The van der Waals surface area contributed by atoms with Gasteiger partial charge in [-0.05, 0) is 38.3 Å². The number of fused-ring (bicyclic) bond motifs is 2. The lowest BCUT2D eigenvalue weighted by atomic mass is 9.74. The van der Waals surface area contributed by atoms with Crippen molar-refractivity contribution in [3.63, 3.8) is 0 Å². The normalized spacial score (nSPS) is 33.0. The number of anilines is 1. The number of rotatable bonds is 9. The summed E-state index contributed by atoms with van der Waals surface area (Å²) in [4.78, 5) is 50.8. The van der Waals surface area contributed by atoms with E-state index in [0.29, 0.717) is 52.2 Å². The third kappa shape index (κ3) is 4.98. The number of aliphatic hydroxyl groups is 1. The lowest BCUT2D eigenvalue weighted by molar-refractivity contribution is -0.151. The van der Waals surface area contributed by atoms with Crippen molar-refractivity contribution in [2.75, 3.05) is 70.5 Å². The molecule has 1 aromatic carbocycles. The fourth-order valence-corrected chi connectivity index (χ4v) is 7.51. The van der Waals surface area contributed by atoms with Crippen molar-refractivity contribution in [2.24, 2.45) is 11.8 Å². The molecule has 5 aliphatic rings. The smallest absolute Gasteiger partial charge is 0.249 e. The molecule has 42 heavy (non-hydrogen) atoms. The number of carbonyl (C=O) groups excluding carboxylic acids is 3. The predicted octanol–water partition coefficient (Wildman–Crippen LogP) is 1.45. The van der Waals surface area contributed by atoms with E-state index in [1.54, 1.807) is 9.80 Å². The van der Waals surface area contributed by atoms with E-state index in [1.807, 2.05) is 66.5 Å². The Kier molecular flexibility index (Phi) is 8.24. The first-order valence-corrected chi connectivity index (χ1v) is 15.3. The number of ether oxygens (including phenoxy) is 2. The summed E-state index contributed by atoms with van der Waals surface area (Å²) in [5.74, 6) is -2.12. The van der Waals surface area contributed by atoms with E-state index in [2.05, 4.69) is 4.90 Å². The zero-order valence-electron chi connectivity index (χ0n) is 24.4. The Morgan fingerprint density at radius 2 is 1.62 bits per heavy atom. The second kappa shape index (κ2) is 11.9. The molecule has 0 bridgehead atoms. The molecule has 226 valence electrons. The maximum Gasteiger partial charge on any atom is 0.249 e. The minimum Gasteiger partial charge on any atom is -0.396 e. The average molecular weight is 579 g/mol. The van der Waals surface area contributed by atoms with E-state index in [9.17, 15) is 19.5 Å². The van der Waals surface area contributed by atoms with Crippen molar-refractivity contribution in [2.45, 2.75) is 43.4 Å². The predicted molar refractivity (Wildman–Crippen MR) is 157 cm³/mol. The SMILES string of the molecule is C[C@@]12C=CCN(c3ccccc3)C(=O)[C@@H]1[C@H]1C(=O)N(CCCCCO)C3C(=O)N(CCN4CCOCC4)CC=C[C@@]31O2. The summed E-state index contributed by atoms with van der Waals surface area (Å²) in [6.45, 7) is 7.44. The lowest BCUT2D eigenvalue weighted by Crippen LogP contribution is -2.56. The van der Waals surface area contributed by atoms with Gasteiger partial charge in [0.1, 0.15) is 11.6 Å². The standard InChI is InChI=1S/C32H42N4O6/c1-31-12-8-16-35(24-10-4-2-5-11-24)28(38)25(31)26-29(39)36(15-6-3-7-21-37)27-30(40)34(14-9-13-32(26,27)42-31)18-17-33-19-22-41-23-20-33/h2,4-5,8-13,25-27,37H,3,6-7,14-23H2,1H3/t25-,26-,27?,31+,32-/m0/s1. The molecule has 5 heterocycles. The fourth-order valence-electron chi connectivity index (χ4n) is 7.51. The highest BCUT2D eigenvalue weighted by atomic mass is 16.5. The summed E-state index contributed by atoms with van der Waals surface area (Å²) in [6, 6.07) is 8.63. The zero-order valence-corrected chi connectivity index (χ0v) is 24.4. The third-order valence-corrected chi connectivity index (χ3v) is 9.56. The minimum atomic E-state index is -1.25. The number of hydrogen-bond donors (Lipinski definition) is 1. The Bertz CT molecular complexity index is 1230. The lowest BCUT2D eigenvalue weighted by Gasteiger charge is -2.38. The van der Waals surface area contributed by atoms with Gasteiger partial charge in [0.15, 0.2) is 0 Å². The van der Waals surface area contributed by atoms with Crippen molar-refractivity contribution >= 4 is 23.4 Å². The Morgan fingerprint density at radius 1 is 0.857 bits per heavy atom. The van der Waals surface area contributed by atoms with Gasteiger partial charge in [-0.3, -0.25) is 19.3 Å². The van der Waals surface area contributed by atoms with Crippen molar-refractivity contribution in [3.05, 3.63) is 54.6 Å².